The lowest BCUT2D eigenvalue weighted by Gasteiger charge is -2.25. The lowest BCUT2D eigenvalue weighted by molar-refractivity contribution is -0.132. The van der Waals surface area contributed by atoms with Crippen LogP contribution < -0.4 is 0 Å². The van der Waals surface area contributed by atoms with Crippen molar-refractivity contribution in [3.05, 3.63) is 42.2 Å². The third kappa shape index (κ3) is 5.31. The number of carbonyl (C=O) groups is 1. The molecular weight excluding hydrogens is 264 g/mol. The van der Waals surface area contributed by atoms with Gasteiger partial charge in [0.2, 0.25) is 5.91 Å². The third-order valence-electron chi connectivity index (χ3n) is 3.57. The maximum absolute atomic E-state index is 12.4. The molecule has 0 saturated carbocycles. The van der Waals surface area contributed by atoms with Crippen LogP contribution in [-0.4, -0.2) is 35.0 Å². The summed E-state index contributed by atoms with van der Waals surface area (Å²) in [4.78, 5) is 18.6. The van der Waals surface area contributed by atoms with Crippen LogP contribution in [0.2, 0.25) is 0 Å². The zero-order chi connectivity index (χ0) is 14.9. The fourth-order valence-corrected chi connectivity index (χ4v) is 2.46. The molecule has 1 unspecified atom stereocenters. The monoisotopic (exact) mass is 288 g/mol. The van der Waals surface area contributed by atoms with Crippen LogP contribution in [0.1, 0.15) is 38.3 Å². The van der Waals surface area contributed by atoms with Gasteiger partial charge in [0.1, 0.15) is 0 Å². The molecule has 0 bridgehead atoms. The maximum Gasteiger partial charge on any atom is 0.226 e. The molecule has 0 spiro atoms. The fourth-order valence-electron chi connectivity index (χ4n) is 2.46. The molecule has 1 aliphatic rings. The van der Waals surface area contributed by atoms with Crippen LogP contribution >= 0.6 is 0 Å². The van der Waals surface area contributed by atoms with E-state index in [9.17, 15) is 4.79 Å². The van der Waals surface area contributed by atoms with Crippen molar-refractivity contribution in [2.45, 2.75) is 45.3 Å². The van der Waals surface area contributed by atoms with E-state index in [0.29, 0.717) is 19.5 Å². The zero-order valence-electron chi connectivity index (χ0n) is 12.7. The van der Waals surface area contributed by atoms with Crippen LogP contribution in [0.15, 0.2) is 36.5 Å². The number of allylic oxidation sites excluding steroid dienone is 1. The van der Waals surface area contributed by atoms with Crippen LogP contribution in [-0.2, 0) is 16.1 Å². The summed E-state index contributed by atoms with van der Waals surface area (Å²) in [6, 6.07) is 5.80. The minimum absolute atomic E-state index is 0.140. The highest BCUT2D eigenvalue weighted by Crippen LogP contribution is 2.15. The molecule has 1 atom stereocenters. The van der Waals surface area contributed by atoms with Crippen molar-refractivity contribution in [1.29, 1.82) is 0 Å². The van der Waals surface area contributed by atoms with E-state index in [1.165, 1.54) is 0 Å². The molecular formula is C17H24N2O2. The van der Waals surface area contributed by atoms with Gasteiger partial charge < -0.3 is 9.64 Å². The van der Waals surface area contributed by atoms with Gasteiger partial charge in [0.15, 0.2) is 0 Å². The Morgan fingerprint density at radius 1 is 1.48 bits per heavy atom. The summed E-state index contributed by atoms with van der Waals surface area (Å²) in [7, 11) is 0. The molecule has 2 rings (SSSR count). The van der Waals surface area contributed by atoms with E-state index >= 15 is 0 Å². The van der Waals surface area contributed by atoms with Crippen LogP contribution in [0, 0.1) is 0 Å². The van der Waals surface area contributed by atoms with Crippen molar-refractivity contribution < 1.29 is 9.53 Å². The van der Waals surface area contributed by atoms with Gasteiger partial charge in [-0.25, -0.2) is 0 Å². The molecule has 0 aliphatic carbocycles. The molecule has 1 aromatic heterocycles. The Morgan fingerprint density at radius 2 is 2.38 bits per heavy atom. The summed E-state index contributed by atoms with van der Waals surface area (Å²) in [6.07, 6.45) is 9.45. The van der Waals surface area contributed by atoms with Gasteiger partial charge in [0.25, 0.3) is 0 Å². The van der Waals surface area contributed by atoms with Gasteiger partial charge in [-0.15, -0.1) is 0 Å². The molecule has 4 nitrogen and oxygen atoms in total. The second-order valence-corrected chi connectivity index (χ2v) is 5.31. The Hall–Kier alpha value is -1.68. The SMILES string of the molecule is CC/C=C/CC(=O)N(Cc1ccccn1)CC1CCCO1. The average molecular weight is 288 g/mol. The van der Waals surface area contributed by atoms with Gasteiger partial charge >= 0.3 is 0 Å². The number of aromatic nitrogens is 1. The summed E-state index contributed by atoms with van der Waals surface area (Å²) in [6.45, 7) is 4.10. The van der Waals surface area contributed by atoms with E-state index in [4.69, 9.17) is 4.74 Å². The smallest absolute Gasteiger partial charge is 0.226 e. The molecule has 2 heterocycles. The average Bonchev–Trinajstić information content (AvgIpc) is 3.01. The number of hydrogen-bond donors (Lipinski definition) is 0. The van der Waals surface area contributed by atoms with Crippen LogP contribution in [0.5, 0.6) is 0 Å². The number of hydrogen-bond acceptors (Lipinski definition) is 3. The predicted molar refractivity (Wildman–Crippen MR) is 82.7 cm³/mol. The Labute approximate surface area is 126 Å². The van der Waals surface area contributed by atoms with E-state index in [1.807, 2.05) is 35.3 Å². The standard InChI is InChI=1S/C17H24N2O2/c1-2-3-4-10-17(20)19(14-16-9-7-12-21-16)13-15-8-5-6-11-18-15/h3-6,8,11,16H,2,7,9-10,12-14H2,1H3/b4-3+. The number of rotatable bonds is 7. The van der Waals surface area contributed by atoms with Gasteiger partial charge in [-0.3, -0.25) is 9.78 Å². The first-order valence-corrected chi connectivity index (χ1v) is 7.74. The summed E-state index contributed by atoms with van der Waals surface area (Å²) in [5, 5.41) is 0. The molecule has 0 radical (unpaired) electrons. The Bertz CT molecular complexity index is 453. The van der Waals surface area contributed by atoms with Crippen molar-refractivity contribution in [3.8, 4) is 0 Å². The van der Waals surface area contributed by atoms with Gasteiger partial charge in [0, 0.05) is 25.8 Å². The van der Waals surface area contributed by atoms with E-state index < -0.39 is 0 Å². The Morgan fingerprint density at radius 3 is 3.05 bits per heavy atom. The fraction of sp³-hybridized carbons (Fsp3) is 0.529. The van der Waals surface area contributed by atoms with Crippen molar-refractivity contribution in [2.75, 3.05) is 13.2 Å². The van der Waals surface area contributed by atoms with Crippen LogP contribution in [0.3, 0.4) is 0 Å². The molecule has 1 amide bonds. The molecule has 0 aromatic carbocycles. The van der Waals surface area contributed by atoms with E-state index in [1.54, 1.807) is 6.20 Å². The van der Waals surface area contributed by atoms with Crippen LogP contribution in [0.25, 0.3) is 0 Å². The predicted octanol–water partition coefficient (Wildman–Crippen LogP) is 2.95. The van der Waals surface area contributed by atoms with Crippen molar-refractivity contribution in [2.24, 2.45) is 0 Å². The van der Waals surface area contributed by atoms with Crippen molar-refractivity contribution in [3.63, 3.8) is 0 Å². The first-order chi connectivity index (χ1) is 10.3. The van der Waals surface area contributed by atoms with Crippen molar-refractivity contribution >= 4 is 5.91 Å². The molecule has 1 aromatic rings. The number of amides is 1. The second kappa shape index (κ2) is 8.57. The summed E-state index contributed by atoms with van der Waals surface area (Å²) in [5.74, 6) is 0.140. The highest BCUT2D eigenvalue weighted by molar-refractivity contribution is 5.77. The van der Waals surface area contributed by atoms with E-state index in [-0.39, 0.29) is 12.0 Å². The first-order valence-electron chi connectivity index (χ1n) is 7.74. The molecule has 1 saturated heterocycles. The Balaban J connectivity index is 1.98. The molecule has 1 aliphatic heterocycles. The number of pyridine rings is 1. The quantitative estimate of drug-likeness (QED) is 0.724. The highest BCUT2D eigenvalue weighted by Gasteiger charge is 2.22. The largest absolute Gasteiger partial charge is 0.376 e. The lowest BCUT2D eigenvalue weighted by atomic mass is 10.2. The molecule has 4 heteroatoms. The summed E-state index contributed by atoms with van der Waals surface area (Å²) < 4.78 is 5.66. The normalized spacial score (nSPS) is 18.2. The molecule has 1 fully saturated rings. The first kappa shape index (κ1) is 15.7. The van der Waals surface area contributed by atoms with E-state index in [0.717, 1.165) is 31.6 Å². The topological polar surface area (TPSA) is 42.4 Å². The number of ether oxygens (including phenoxy) is 1. The number of nitrogens with zero attached hydrogens (tertiary/aromatic N) is 2. The second-order valence-electron chi connectivity index (χ2n) is 5.31. The van der Waals surface area contributed by atoms with Crippen LogP contribution in [0.4, 0.5) is 0 Å². The maximum atomic E-state index is 12.4. The van der Waals surface area contributed by atoms with Gasteiger partial charge in [-0.05, 0) is 31.4 Å². The molecule has 114 valence electrons. The minimum atomic E-state index is 0.140. The van der Waals surface area contributed by atoms with Gasteiger partial charge in [-0.1, -0.05) is 25.1 Å². The van der Waals surface area contributed by atoms with Gasteiger partial charge in [0.05, 0.1) is 18.3 Å². The summed E-state index contributed by atoms with van der Waals surface area (Å²) >= 11 is 0. The molecule has 0 N–H and O–H groups in total. The number of carbonyl (C=O) groups excluding carboxylic acids is 1. The summed E-state index contributed by atoms with van der Waals surface area (Å²) in [5.41, 5.74) is 0.920. The van der Waals surface area contributed by atoms with E-state index in [2.05, 4.69) is 11.9 Å². The lowest BCUT2D eigenvalue weighted by Crippen LogP contribution is -2.36. The zero-order valence-corrected chi connectivity index (χ0v) is 12.7. The highest BCUT2D eigenvalue weighted by atomic mass is 16.5. The van der Waals surface area contributed by atoms with Gasteiger partial charge in [-0.2, -0.15) is 0 Å². The minimum Gasteiger partial charge on any atom is -0.376 e. The molecule has 21 heavy (non-hydrogen) atoms. The third-order valence-corrected chi connectivity index (χ3v) is 3.57. The van der Waals surface area contributed by atoms with Crippen molar-refractivity contribution in [1.82, 2.24) is 9.88 Å². The Kier molecular flexibility index (Phi) is 6.41.